The fraction of sp³-hybridized carbons (Fsp3) is 0.368. The molecule has 0 aliphatic carbocycles. The average molecular weight is 414 g/mol. The minimum absolute atomic E-state index is 0.0110. The van der Waals surface area contributed by atoms with E-state index < -0.39 is 10.0 Å². The number of likely N-dealkylation sites (tertiary alicyclic amines) is 1. The quantitative estimate of drug-likeness (QED) is 0.707. The Bertz CT molecular complexity index is 973. The van der Waals surface area contributed by atoms with Gasteiger partial charge in [0.25, 0.3) is 10.0 Å². The molecule has 1 unspecified atom stereocenters. The lowest BCUT2D eigenvalue weighted by atomic mass is 9.97. The Hall–Kier alpha value is -3.03. The zero-order valence-electron chi connectivity index (χ0n) is 15.8. The van der Waals surface area contributed by atoms with Gasteiger partial charge in [0.05, 0.1) is 16.9 Å². The van der Waals surface area contributed by atoms with Gasteiger partial charge in [-0.15, -0.1) is 0 Å². The molecule has 1 saturated heterocycles. The zero-order valence-corrected chi connectivity index (χ0v) is 16.6. The molecule has 1 aromatic carbocycles. The average Bonchev–Trinajstić information content (AvgIpc) is 2.73. The number of aromatic nitrogens is 2. The van der Waals surface area contributed by atoms with E-state index in [0.29, 0.717) is 25.2 Å². The van der Waals surface area contributed by atoms with Gasteiger partial charge < -0.3 is 10.2 Å². The van der Waals surface area contributed by atoms with E-state index in [2.05, 4.69) is 31.0 Å². The molecule has 0 saturated carbocycles. The fourth-order valence-corrected chi connectivity index (χ4v) is 4.13. The van der Waals surface area contributed by atoms with Crippen molar-refractivity contribution in [2.45, 2.75) is 24.2 Å². The molecule has 1 aliphatic rings. The minimum Gasteiger partial charge on any atom is -0.326 e. The minimum atomic E-state index is -3.82. The van der Waals surface area contributed by atoms with Crippen LogP contribution in [0.1, 0.15) is 19.3 Å². The number of benzene rings is 1. The smallest absolute Gasteiger partial charge is 0.264 e. The molecule has 152 valence electrons. The number of rotatable bonds is 7. The largest absolute Gasteiger partial charge is 0.326 e. The van der Waals surface area contributed by atoms with Gasteiger partial charge in [-0.25, -0.2) is 23.1 Å². The molecular weight excluding hydrogens is 392 g/mol. The summed E-state index contributed by atoms with van der Waals surface area (Å²) in [5.74, 6) is -0.260. The topological polar surface area (TPSA) is 128 Å². The Morgan fingerprint density at radius 2 is 1.97 bits per heavy atom. The summed E-state index contributed by atoms with van der Waals surface area (Å²) in [7, 11) is -3.82. The lowest BCUT2D eigenvalue weighted by molar-refractivity contribution is -0.121. The number of carbonyl (C=O) groups excluding carboxylic acids is 1. The van der Waals surface area contributed by atoms with Gasteiger partial charge in [0, 0.05) is 37.6 Å². The maximum Gasteiger partial charge on any atom is 0.264 e. The number of hydrogen-bond acceptors (Lipinski definition) is 7. The van der Waals surface area contributed by atoms with Gasteiger partial charge in [-0.1, -0.05) is 0 Å². The second kappa shape index (κ2) is 9.45. The van der Waals surface area contributed by atoms with Gasteiger partial charge in [-0.2, -0.15) is 5.26 Å². The third-order valence-corrected chi connectivity index (χ3v) is 5.98. The fourth-order valence-electron chi connectivity index (χ4n) is 3.17. The Morgan fingerprint density at radius 1 is 1.24 bits per heavy atom. The van der Waals surface area contributed by atoms with Crippen LogP contribution in [-0.4, -0.2) is 48.8 Å². The SMILES string of the molecule is N#CCCN1CCCC(C(=O)Nc2ccc(S(=O)(=O)Nc3ncccn3)cc2)C1. The highest BCUT2D eigenvalue weighted by Gasteiger charge is 2.25. The number of nitriles is 1. The number of piperidine rings is 1. The van der Waals surface area contributed by atoms with Crippen LogP contribution >= 0.6 is 0 Å². The molecule has 2 heterocycles. The summed E-state index contributed by atoms with van der Waals surface area (Å²) >= 11 is 0. The number of nitrogens with one attached hydrogen (secondary N) is 2. The molecule has 29 heavy (non-hydrogen) atoms. The van der Waals surface area contributed by atoms with Gasteiger partial charge >= 0.3 is 0 Å². The molecule has 0 bridgehead atoms. The van der Waals surface area contributed by atoms with Crippen LogP contribution in [0.25, 0.3) is 0 Å². The lowest BCUT2D eigenvalue weighted by Crippen LogP contribution is -2.41. The molecule has 1 amide bonds. The third kappa shape index (κ3) is 5.73. The van der Waals surface area contributed by atoms with Crippen LogP contribution in [0.4, 0.5) is 11.6 Å². The van der Waals surface area contributed by atoms with E-state index in [1.165, 1.54) is 24.5 Å². The molecule has 3 rings (SSSR count). The van der Waals surface area contributed by atoms with Crippen molar-refractivity contribution >= 4 is 27.6 Å². The molecule has 10 heteroatoms. The van der Waals surface area contributed by atoms with Gasteiger partial charge in [0.15, 0.2) is 0 Å². The highest BCUT2D eigenvalue weighted by Crippen LogP contribution is 2.20. The first-order valence-electron chi connectivity index (χ1n) is 9.28. The van der Waals surface area contributed by atoms with E-state index in [1.807, 2.05) is 0 Å². The maximum absolute atomic E-state index is 12.6. The molecule has 1 aliphatic heterocycles. The van der Waals surface area contributed by atoms with Crippen molar-refractivity contribution < 1.29 is 13.2 Å². The first-order valence-corrected chi connectivity index (χ1v) is 10.8. The molecular formula is C19H22N6O3S. The summed E-state index contributed by atoms with van der Waals surface area (Å²) in [6, 6.07) is 9.65. The number of anilines is 2. The van der Waals surface area contributed by atoms with Crippen molar-refractivity contribution in [2.24, 2.45) is 5.92 Å². The van der Waals surface area contributed by atoms with Crippen molar-refractivity contribution in [3.05, 3.63) is 42.7 Å². The molecule has 1 atom stereocenters. The van der Waals surface area contributed by atoms with Gasteiger partial charge in [0.1, 0.15) is 0 Å². The molecule has 0 radical (unpaired) electrons. The van der Waals surface area contributed by atoms with E-state index >= 15 is 0 Å². The second-order valence-electron chi connectivity index (χ2n) is 6.74. The van der Waals surface area contributed by atoms with Crippen LogP contribution in [0.2, 0.25) is 0 Å². The van der Waals surface area contributed by atoms with E-state index in [4.69, 9.17) is 5.26 Å². The van der Waals surface area contributed by atoms with Crippen molar-refractivity contribution in [2.75, 3.05) is 29.7 Å². The van der Waals surface area contributed by atoms with Crippen molar-refractivity contribution in [1.82, 2.24) is 14.9 Å². The maximum atomic E-state index is 12.6. The predicted molar refractivity (Wildman–Crippen MR) is 107 cm³/mol. The normalized spacial score (nSPS) is 17.3. The molecule has 1 fully saturated rings. The molecule has 0 spiro atoms. The molecule has 2 N–H and O–H groups in total. The van der Waals surface area contributed by atoms with Crippen LogP contribution in [0.3, 0.4) is 0 Å². The Labute approximate surface area is 169 Å². The second-order valence-corrected chi connectivity index (χ2v) is 8.42. The third-order valence-electron chi connectivity index (χ3n) is 4.64. The number of amides is 1. The van der Waals surface area contributed by atoms with Gasteiger partial charge in [-0.05, 0) is 49.7 Å². The van der Waals surface area contributed by atoms with Crippen LogP contribution in [-0.2, 0) is 14.8 Å². The summed E-state index contributed by atoms with van der Waals surface area (Å²) in [4.78, 5) is 22.4. The Balaban J connectivity index is 1.60. The van der Waals surface area contributed by atoms with Crippen molar-refractivity contribution in [3.63, 3.8) is 0 Å². The molecule has 2 aromatic rings. The van der Waals surface area contributed by atoms with E-state index in [1.54, 1.807) is 18.2 Å². The monoisotopic (exact) mass is 414 g/mol. The number of nitrogens with zero attached hydrogens (tertiary/aromatic N) is 4. The van der Waals surface area contributed by atoms with Crippen LogP contribution in [0.5, 0.6) is 0 Å². The number of sulfonamides is 1. The van der Waals surface area contributed by atoms with Crippen LogP contribution in [0, 0.1) is 17.2 Å². The highest BCUT2D eigenvalue weighted by atomic mass is 32.2. The van der Waals surface area contributed by atoms with E-state index in [9.17, 15) is 13.2 Å². The van der Waals surface area contributed by atoms with E-state index in [0.717, 1.165) is 19.4 Å². The Morgan fingerprint density at radius 3 is 2.66 bits per heavy atom. The summed E-state index contributed by atoms with van der Waals surface area (Å²) in [5, 5.41) is 11.6. The van der Waals surface area contributed by atoms with Gasteiger partial charge in [-0.3, -0.25) is 4.79 Å². The summed E-state index contributed by atoms with van der Waals surface area (Å²) in [6.45, 7) is 2.20. The first kappa shape index (κ1) is 20.7. The van der Waals surface area contributed by atoms with Crippen LogP contribution in [0.15, 0.2) is 47.6 Å². The Kier molecular flexibility index (Phi) is 6.74. The predicted octanol–water partition coefficient (Wildman–Crippen LogP) is 1.84. The summed E-state index contributed by atoms with van der Waals surface area (Å²) in [6.07, 6.45) is 5.04. The van der Waals surface area contributed by atoms with Crippen LogP contribution < -0.4 is 10.0 Å². The molecule has 1 aromatic heterocycles. The number of carbonyl (C=O) groups is 1. The first-order chi connectivity index (χ1) is 14.0. The zero-order chi connectivity index (χ0) is 20.7. The molecule has 9 nitrogen and oxygen atoms in total. The van der Waals surface area contributed by atoms with Gasteiger partial charge in [0.2, 0.25) is 11.9 Å². The van der Waals surface area contributed by atoms with Crippen molar-refractivity contribution in [3.8, 4) is 6.07 Å². The van der Waals surface area contributed by atoms with Crippen molar-refractivity contribution in [1.29, 1.82) is 5.26 Å². The van der Waals surface area contributed by atoms with E-state index in [-0.39, 0.29) is 22.7 Å². The summed E-state index contributed by atoms with van der Waals surface area (Å²) < 4.78 is 27.1. The number of hydrogen-bond donors (Lipinski definition) is 2. The summed E-state index contributed by atoms with van der Waals surface area (Å²) in [5.41, 5.74) is 0.527. The highest BCUT2D eigenvalue weighted by molar-refractivity contribution is 7.92. The standard InChI is InChI=1S/C19H22N6O3S/c20-9-2-13-25-12-1-4-15(14-25)18(26)23-16-5-7-17(8-6-16)29(27,28)24-19-21-10-3-11-22-19/h3,5-8,10-11,15H,1-2,4,12-14H2,(H,23,26)(H,21,22,24). The lowest BCUT2D eigenvalue weighted by Gasteiger charge is -2.31.